The lowest BCUT2D eigenvalue weighted by molar-refractivity contribution is 0.309. The van der Waals surface area contributed by atoms with E-state index in [1.165, 1.54) is 12.1 Å². The molecule has 3 rings (SSSR count). The van der Waals surface area contributed by atoms with Crippen molar-refractivity contribution < 1.29 is 22.0 Å². The number of aromatic nitrogens is 4. The SMILES string of the molecule is O=c1onc(-c2nonc2NCCCS(=O)(=O)Cl)n1-c1ccc(F)c(Br)c1. The molecule has 0 atom stereocenters. The van der Waals surface area contributed by atoms with E-state index in [-0.39, 0.29) is 46.2 Å². The summed E-state index contributed by atoms with van der Waals surface area (Å²) in [4.78, 5) is 12.1. The van der Waals surface area contributed by atoms with Gasteiger partial charge in [0.1, 0.15) is 5.82 Å². The molecule has 0 amide bonds. The molecule has 0 unspecified atom stereocenters. The first-order valence-corrected chi connectivity index (χ1v) is 10.6. The molecule has 0 aliphatic rings. The van der Waals surface area contributed by atoms with Gasteiger partial charge in [-0.05, 0) is 50.9 Å². The van der Waals surface area contributed by atoms with E-state index in [1.807, 2.05) is 0 Å². The molecule has 0 spiro atoms. The highest BCUT2D eigenvalue weighted by atomic mass is 79.9. The summed E-state index contributed by atoms with van der Waals surface area (Å²) < 4.78 is 45.9. The van der Waals surface area contributed by atoms with Crippen molar-refractivity contribution in [1.29, 1.82) is 0 Å². The lowest BCUT2D eigenvalue weighted by Crippen LogP contribution is -2.14. The molecule has 0 fully saturated rings. The van der Waals surface area contributed by atoms with Crippen molar-refractivity contribution in [2.75, 3.05) is 17.6 Å². The third-order valence-corrected chi connectivity index (χ3v) is 5.17. The average Bonchev–Trinajstić information content (AvgIpc) is 3.19. The molecule has 144 valence electrons. The average molecular weight is 483 g/mol. The second-order valence-corrected chi connectivity index (χ2v) is 8.94. The van der Waals surface area contributed by atoms with Gasteiger partial charge in [-0.15, -0.1) is 0 Å². The first kappa shape index (κ1) is 19.5. The van der Waals surface area contributed by atoms with E-state index < -0.39 is 20.6 Å². The van der Waals surface area contributed by atoms with Gasteiger partial charge in [-0.3, -0.25) is 4.52 Å². The highest BCUT2D eigenvalue weighted by Crippen LogP contribution is 2.26. The van der Waals surface area contributed by atoms with Crippen LogP contribution < -0.4 is 11.1 Å². The molecule has 10 nitrogen and oxygen atoms in total. The molecule has 0 aliphatic carbocycles. The quantitative estimate of drug-likeness (QED) is 0.397. The van der Waals surface area contributed by atoms with Crippen LogP contribution in [0.4, 0.5) is 10.2 Å². The van der Waals surface area contributed by atoms with Crippen molar-refractivity contribution in [2.45, 2.75) is 6.42 Å². The summed E-state index contributed by atoms with van der Waals surface area (Å²) in [5.74, 6) is -1.49. The molecule has 0 saturated carbocycles. The molecule has 0 radical (unpaired) electrons. The summed E-state index contributed by atoms with van der Waals surface area (Å²) in [6.45, 7) is 0.192. The molecule has 3 aromatic rings. The molecule has 0 aliphatic heterocycles. The molecule has 1 N–H and O–H groups in total. The predicted molar refractivity (Wildman–Crippen MR) is 95.8 cm³/mol. The van der Waals surface area contributed by atoms with Gasteiger partial charge in [0, 0.05) is 17.2 Å². The topological polar surface area (TPSA) is 133 Å². The lowest BCUT2D eigenvalue weighted by Gasteiger charge is -2.05. The molecular formula is C13H10BrClFN5O5S. The van der Waals surface area contributed by atoms with Crippen LogP contribution in [0.5, 0.6) is 0 Å². The summed E-state index contributed by atoms with van der Waals surface area (Å²) in [5, 5.41) is 13.8. The smallest absolute Gasteiger partial charge is 0.365 e. The molecule has 27 heavy (non-hydrogen) atoms. The van der Waals surface area contributed by atoms with Crippen molar-refractivity contribution in [3.8, 4) is 17.2 Å². The third kappa shape index (κ3) is 4.54. The number of anilines is 1. The molecule has 14 heteroatoms. The van der Waals surface area contributed by atoms with E-state index in [0.29, 0.717) is 0 Å². The fourth-order valence-corrected chi connectivity index (χ4v) is 3.34. The van der Waals surface area contributed by atoms with Gasteiger partial charge in [-0.2, -0.15) is 0 Å². The van der Waals surface area contributed by atoms with Gasteiger partial charge in [-0.25, -0.2) is 26.8 Å². The standard InChI is InChI=1S/C13H10BrClFN5O5S/c14-8-6-7(2-3-9(8)16)21-12(20-25-13(21)22)10-11(19-26-18-10)17-4-1-5-27(15,23)24/h2-3,6H,1,4-5H2,(H,17,19). The number of nitrogens with one attached hydrogen (secondary N) is 1. The van der Waals surface area contributed by atoms with Gasteiger partial charge in [0.05, 0.1) is 15.9 Å². The van der Waals surface area contributed by atoms with Gasteiger partial charge < -0.3 is 5.32 Å². The van der Waals surface area contributed by atoms with Crippen molar-refractivity contribution in [1.82, 2.24) is 20.0 Å². The Morgan fingerprint density at radius 3 is 2.78 bits per heavy atom. The Balaban J connectivity index is 1.89. The number of nitrogens with zero attached hydrogens (tertiary/aromatic N) is 4. The van der Waals surface area contributed by atoms with Gasteiger partial charge >= 0.3 is 5.76 Å². The molecule has 2 aromatic heterocycles. The second kappa shape index (κ2) is 7.78. The fourth-order valence-electron chi connectivity index (χ4n) is 2.15. The zero-order valence-corrected chi connectivity index (χ0v) is 16.4. The Bertz CT molecular complexity index is 1130. The largest absolute Gasteiger partial charge is 0.446 e. The van der Waals surface area contributed by atoms with Crippen LogP contribution >= 0.6 is 26.6 Å². The van der Waals surface area contributed by atoms with Crippen molar-refractivity contribution in [2.24, 2.45) is 0 Å². The minimum absolute atomic E-state index is 0.0350. The third-order valence-electron chi connectivity index (χ3n) is 3.32. The molecule has 0 bridgehead atoms. The minimum atomic E-state index is -3.61. The van der Waals surface area contributed by atoms with Gasteiger partial charge in [0.25, 0.3) is 0 Å². The fraction of sp³-hybridized carbons (Fsp3) is 0.231. The van der Waals surface area contributed by atoms with E-state index in [2.05, 4.69) is 45.9 Å². The van der Waals surface area contributed by atoms with Crippen LogP contribution in [0.3, 0.4) is 0 Å². The number of benzene rings is 1. The molecule has 0 saturated heterocycles. The van der Waals surface area contributed by atoms with Gasteiger partial charge in [-0.1, -0.05) is 5.16 Å². The van der Waals surface area contributed by atoms with Crippen molar-refractivity contribution in [3.05, 3.63) is 39.0 Å². The Hall–Kier alpha value is -2.25. The maximum absolute atomic E-state index is 13.5. The monoisotopic (exact) mass is 481 g/mol. The highest BCUT2D eigenvalue weighted by molar-refractivity contribution is 9.10. The molecule has 2 heterocycles. The van der Waals surface area contributed by atoms with Crippen LogP contribution in [0, 0.1) is 5.82 Å². The van der Waals surface area contributed by atoms with Crippen LogP contribution in [0.1, 0.15) is 6.42 Å². The van der Waals surface area contributed by atoms with Crippen molar-refractivity contribution >= 4 is 41.5 Å². The van der Waals surface area contributed by atoms with Crippen LogP contribution in [0.15, 0.2) is 36.6 Å². The van der Waals surface area contributed by atoms with E-state index in [9.17, 15) is 17.6 Å². The summed E-state index contributed by atoms with van der Waals surface area (Å²) >= 11 is 3.04. The van der Waals surface area contributed by atoms with E-state index >= 15 is 0 Å². The molecular weight excluding hydrogens is 473 g/mol. The Labute approximate surface area is 163 Å². The Morgan fingerprint density at radius 2 is 2.07 bits per heavy atom. The maximum atomic E-state index is 13.5. The van der Waals surface area contributed by atoms with E-state index in [4.69, 9.17) is 10.7 Å². The predicted octanol–water partition coefficient (Wildman–Crippen LogP) is 2.15. The Morgan fingerprint density at radius 1 is 1.30 bits per heavy atom. The number of halogens is 3. The first-order valence-electron chi connectivity index (χ1n) is 7.29. The van der Waals surface area contributed by atoms with Gasteiger partial charge in [0.2, 0.25) is 20.7 Å². The number of hydrogen-bond donors (Lipinski definition) is 1. The normalized spacial score (nSPS) is 11.7. The molecule has 1 aromatic carbocycles. The van der Waals surface area contributed by atoms with Crippen LogP contribution in [-0.4, -0.2) is 40.8 Å². The van der Waals surface area contributed by atoms with E-state index in [0.717, 1.165) is 10.6 Å². The number of hydrogen-bond acceptors (Lipinski definition) is 9. The van der Waals surface area contributed by atoms with Crippen molar-refractivity contribution in [3.63, 3.8) is 0 Å². The summed E-state index contributed by atoms with van der Waals surface area (Å²) in [6, 6.07) is 3.88. The van der Waals surface area contributed by atoms with Crippen LogP contribution in [0.25, 0.3) is 17.2 Å². The highest BCUT2D eigenvalue weighted by Gasteiger charge is 2.23. The van der Waals surface area contributed by atoms with E-state index in [1.54, 1.807) is 0 Å². The second-order valence-electron chi connectivity index (χ2n) is 5.19. The maximum Gasteiger partial charge on any atom is 0.446 e. The first-order chi connectivity index (χ1) is 12.8. The lowest BCUT2D eigenvalue weighted by atomic mass is 10.3. The number of rotatable bonds is 7. The summed E-state index contributed by atoms with van der Waals surface area (Å²) in [7, 11) is 1.53. The zero-order chi connectivity index (χ0) is 19.6. The van der Waals surface area contributed by atoms with Gasteiger partial charge in [0.15, 0.2) is 5.69 Å². The zero-order valence-electron chi connectivity index (χ0n) is 13.2. The minimum Gasteiger partial charge on any atom is -0.365 e. The summed E-state index contributed by atoms with van der Waals surface area (Å²) in [5.41, 5.74) is 0.321. The summed E-state index contributed by atoms with van der Waals surface area (Å²) in [6.07, 6.45) is 0.203. The van der Waals surface area contributed by atoms with Crippen LogP contribution in [0.2, 0.25) is 0 Å². The van der Waals surface area contributed by atoms with Crippen LogP contribution in [-0.2, 0) is 9.05 Å². The Kier molecular flexibility index (Phi) is 5.62.